The Kier molecular flexibility index (Phi) is 10.1. The molecular formula is C14H21NO4. The number of benzene rings is 1. The van der Waals surface area contributed by atoms with Gasteiger partial charge >= 0.3 is 0 Å². The van der Waals surface area contributed by atoms with Crippen LogP contribution in [0, 0.1) is 26.1 Å². The molecule has 0 aliphatic carbocycles. The van der Waals surface area contributed by atoms with Crippen molar-refractivity contribution in [1.82, 2.24) is 0 Å². The topological polar surface area (TPSA) is 62.9 Å². The van der Waals surface area contributed by atoms with Crippen LogP contribution in [-0.4, -0.2) is 13.2 Å². The summed E-state index contributed by atoms with van der Waals surface area (Å²) in [6.45, 7) is 8.60. The van der Waals surface area contributed by atoms with Gasteiger partial charge in [-0.15, -0.1) is 0 Å². The quantitative estimate of drug-likeness (QED) is 0.299. The second-order valence-electron chi connectivity index (χ2n) is 3.53. The molecule has 1 aromatic carbocycles. The smallest absolute Gasteiger partial charge is 0.204 e. The minimum atomic E-state index is 0.448. The number of rotatable bonds is 4. The number of anilines is 1. The zero-order valence-corrected chi connectivity index (χ0v) is 11.9. The molecule has 19 heavy (non-hydrogen) atoms. The van der Waals surface area contributed by atoms with Crippen LogP contribution in [0.2, 0.25) is 0 Å². The predicted octanol–water partition coefficient (Wildman–Crippen LogP) is 2.73. The first-order chi connectivity index (χ1) is 9.11. The maximum absolute atomic E-state index is 5.53. The van der Waals surface area contributed by atoms with Gasteiger partial charge in [-0.25, -0.2) is 0 Å². The molecule has 2 N–H and O–H groups in total. The van der Waals surface area contributed by atoms with E-state index in [0.29, 0.717) is 13.2 Å². The summed E-state index contributed by atoms with van der Waals surface area (Å²) in [4.78, 5) is 17.3. The van der Waals surface area contributed by atoms with Gasteiger partial charge in [-0.05, 0) is 51.0 Å². The maximum atomic E-state index is 5.53. The lowest BCUT2D eigenvalue weighted by atomic mass is 10.1. The van der Waals surface area contributed by atoms with Crippen molar-refractivity contribution in [3.8, 4) is 12.2 Å². The summed E-state index contributed by atoms with van der Waals surface area (Å²) in [5.74, 6) is 0. The lowest BCUT2D eigenvalue weighted by Gasteiger charge is -1.98. The molecule has 0 aliphatic rings. The van der Waals surface area contributed by atoms with E-state index in [-0.39, 0.29) is 0 Å². The van der Waals surface area contributed by atoms with Crippen LogP contribution >= 0.6 is 0 Å². The SMILES string of the molecule is CCOOC#COOCC.Cc1ccc(N)cc1C. The lowest BCUT2D eigenvalue weighted by Crippen LogP contribution is -1.88. The average Bonchev–Trinajstić information content (AvgIpc) is 2.39. The minimum absolute atomic E-state index is 0.448. The van der Waals surface area contributed by atoms with Crippen molar-refractivity contribution in [2.45, 2.75) is 27.7 Å². The summed E-state index contributed by atoms with van der Waals surface area (Å²) < 4.78 is 0. The Balaban J connectivity index is 0.000000342. The van der Waals surface area contributed by atoms with E-state index in [9.17, 15) is 0 Å². The maximum Gasteiger partial charge on any atom is 0.204 e. The van der Waals surface area contributed by atoms with Crippen molar-refractivity contribution >= 4 is 5.69 Å². The van der Waals surface area contributed by atoms with Crippen LogP contribution in [0.5, 0.6) is 0 Å². The Morgan fingerprint density at radius 2 is 1.47 bits per heavy atom. The number of hydrogen-bond acceptors (Lipinski definition) is 5. The molecule has 0 unspecified atom stereocenters. The normalized spacial score (nSPS) is 8.63. The highest BCUT2D eigenvalue weighted by Crippen LogP contribution is 2.09. The third kappa shape index (κ3) is 9.77. The molecule has 0 heterocycles. The molecule has 0 bridgehead atoms. The molecular weight excluding hydrogens is 246 g/mol. The van der Waals surface area contributed by atoms with E-state index in [4.69, 9.17) is 5.73 Å². The van der Waals surface area contributed by atoms with Gasteiger partial charge in [0.1, 0.15) is 0 Å². The third-order valence-corrected chi connectivity index (χ3v) is 2.01. The molecule has 1 rings (SSSR count). The third-order valence-electron chi connectivity index (χ3n) is 2.01. The Morgan fingerprint density at radius 1 is 0.947 bits per heavy atom. The Labute approximate surface area is 114 Å². The van der Waals surface area contributed by atoms with E-state index in [2.05, 4.69) is 45.6 Å². The van der Waals surface area contributed by atoms with E-state index in [1.165, 1.54) is 11.1 Å². The fourth-order valence-electron chi connectivity index (χ4n) is 0.975. The van der Waals surface area contributed by atoms with Crippen LogP contribution in [0.15, 0.2) is 18.2 Å². The number of hydrogen-bond donors (Lipinski definition) is 1. The van der Waals surface area contributed by atoms with Gasteiger partial charge in [0.05, 0.1) is 13.2 Å². The van der Waals surface area contributed by atoms with Gasteiger partial charge in [-0.3, -0.25) is 9.78 Å². The molecule has 0 saturated heterocycles. The first-order valence-electron chi connectivity index (χ1n) is 6.01. The lowest BCUT2D eigenvalue weighted by molar-refractivity contribution is -0.246. The van der Waals surface area contributed by atoms with Crippen molar-refractivity contribution in [3.05, 3.63) is 29.3 Å². The van der Waals surface area contributed by atoms with Crippen molar-refractivity contribution in [2.75, 3.05) is 18.9 Å². The molecule has 5 nitrogen and oxygen atoms in total. The summed E-state index contributed by atoms with van der Waals surface area (Å²) in [5, 5.41) is 0. The highest BCUT2D eigenvalue weighted by atomic mass is 17.2. The molecule has 5 heteroatoms. The summed E-state index contributed by atoms with van der Waals surface area (Å²) >= 11 is 0. The van der Waals surface area contributed by atoms with Crippen molar-refractivity contribution in [1.29, 1.82) is 0 Å². The zero-order valence-electron chi connectivity index (χ0n) is 11.9. The van der Waals surface area contributed by atoms with Gasteiger partial charge in [0.2, 0.25) is 12.2 Å². The van der Waals surface area contributed by atoms with Gasteiger partial charge in [0.25, 0.3) is 0 Å². The number of nitrogen functional groups attached to an aromatic ring is 1. The van der Waals surface area contributed by atoms with Gasteiger partial charge in [-0.2, -0.15) is 9.78 Å². The van der Waals surface area contributed by atoms with Crippen LogP contribution in [-0.2, 0) is 19.6 Å². The van der Waals surface area contributed by atoms with Gasteiger partial charge in [0, 0.05) is 5.69 Å². The number of nitrogens with two attached hydrogens (primary N) is 1. The molecule has 106 valence electrons. The second-order valence-corrected chi connectivity index (χ2v) is 3.53. The molecule has 1 aromatic rings. The molecule has 0 atom stereocenters. The fraction of sp³-hybridized carbons (Fsp3) is 0.429. The summed E-state index contributed by atoms with van der Waals surface area (Å²) in [5.41, 5.74) is 8.93. The summed E-state index contributed by atoms with van der Waals surface area (Å²) in [6, 6.07) is 5.93. The summed E-state index contributed by atoms with van der Waals surface area (Å²) in [6.07, 6.45) is 4.20. The predicted molar refractivity (Wildman–Crippen MR) is 73.5 cm³/mol. The van der Waals surface area contributed by atoms with Crippen LogP contribution in [0.3, 0.4) is 0 Å². The zero-order chi connectivity index (χ0) is 14.5. The van der Waals surface area contributed by atoms with Crippen LogP contribution in [0.1, 0.15) is 25.0 Å². The van der Waals surface area contributed by atoms with E-state index >= 15 is 0 Å². The average molecular weight is 267 g/mol. The Hall–Kier alpha value is -1.90. The molecule has 0 spiro atoms. The fourth-order valence-corrected chi connectivity index (χ4v) is 0.975. The highest BCUT2D eigenvalue weighted by Gasteiger charge is 1.89. The van der Waals surface area contributed by atoms with Crippen molar-refractivity contribution < 1.29 is 19.6 Å². The Morgan fingerprint density at radius 3 is 1.84 bits per heavy atom. The van der Waals surface area contributed by atoms with Crippen LogP contribution < -0.4 is 5.73 Å². The monoisotopic (exact) mass is 267 g/mol. The van der Waals surface area contributed by atoms with E-state index < -0.39 is 0 Å². The van der Waals surface area contributed by atoms with Crippen LogP contribution in [0.25, 0.3) is 0 Å². The van der Waals surface area contributed by atoms with Gasteiger partial charge in [0.15, 0.2) is 0 Å². The van der Waals surface area contributed by atoms with E-state index in [1.54, 1.807) is 13.8 Å². The van der Waals surface area contributed by atoms with Crippen molar-refractivity contribution in [3.63, 3.8) is 0 Å². The van der Waals surface area contributed by atoms with E-state index in [0.717, 1.165) is 5.69 Å². The molecule has 0 fully saturated rings. The van der Waals surface area contributed by atoms with Crippen LogP contribution in [0.4, 0.5) is 5.69 Å². The Bertz CT molecular complexity index is 398. The van der Waals surface area contributed by atoms with Crippen molar-refractivity contribution in [2.24, 2.45) is 0 Å². The highest BCUT2D eigenvalue weighted by molar-refractivity contribution is 5.43. The standard InChI is InChI=1S/C8H11N.C6H10O4/c1-6-3-4-8(9)5-7(6)2;1-3-7-9-5-6-10-8-4-2/h3-5H,9H2,1-2H3;3-4H2,1-2H3. The first-order valence-corrected chi connectivity index (χ1v) is 6.01. The molecule has 0 radical (unpaired) electrons. The van der Waals surface area contributed by atoms with E-state index in [1.807, 2.05) is 18.2 Å². The summed E-state index contributed by atoms with van der Waals surface area (Å²) in [7, 11) is 0. The second kappa shape index (κ2) is 11.2. The van der Waals surface area contributed by atoms with Gasteiger partial charge < -0.3 is 5.73 Å². The molecule has 0 aromatic heterocycles. The minimum Gasteiger partial charge on any atom is -0.399 e. The number of aryl methyl sites for hydroxylation is 2. The van der Waals surface area contributed by atoms with Gasteiger partial charge in [-0.1, -0.05) is 6.07 Å². The molecule has 0 aliphatic heterocycles. The molecule has 0 amide bonds. The first kappa shape index (κ1) is 17.1. The molecule has 0 saturated carbocycles. The largest absolute Gasteiger partial charge is 0.399 e.